The zero-order chi connectivity index (χ0) is 14.4. The minimum Gasteiger partial charge on any atom is -0.495 e. The Balaban J connectivity index is 0.00000220. The first-order chi connectivity index (χ1) is 9.69. The summed E-state index contributed by atoms with van der Waals surface area (Å²) in [5.74, 6) is 2.31. The molecule has 118 valence electrons. The van der Waals surface area contributed by atoms with Gasteiger partial charge in [-0.15, -0.1) is 24.0 Å². The van der Waals surface area contributed by atoms with Crippen LogP contribution in [0.25, 0.3) is 0 Å². The predicted molar refractivity (Wildman–Crippen MR) is 104 cm³/mol. The first-order valence-electron chi connectivity index (χ1n) is 6.71. The molecule has 1 fully saturated rings. The average Bonchev–Trinajstić information content (AvgIpc) is 2.46. The third kappa shape index (κ3) is 6.12. The summed E-state index contributed by atoms with van der Waals surface area (Å²) in [6.45, 7) is 0.771. The molecule has 4 nitrogen and oxygen atoms in total. The van der Waals surface area contributed by atoms with Crippen LogP contribution in [0.2, 0.25) is 5.02 Å². The highest BCUT2D eigenvalue weighted by molar-refractivity contribution is 14.0. The molecule has 21 heavy (non-hydrogen) atoms. The first-order valence-corrected chi connectivity index (χ1v) is 8.14. The van der Waals surface area contributed by atoms with Gasteiger partial charge < -0.3 is 15.8 Å². The Morgan fingerprint density at radius 1 is 1.52 bits per heavy atom. The van der Waals surface area contributed by atoms with Gasteiger partial charge in [0.1, 0.15) is 5.75 Å². The number of nitrogens with zero attached hydrogens (tertiary/aromatic N) is 1. The standard InChI is InChI=1S/C14H20ClN3OS.HI/c1-19-13-6-5-10(8-12(13)15)18-14(16)17-9-11-4-2-3-7-20-11;/h5-6,8,11H,2-4,7,9H2,1H3,(H3,16,17,18);1H. The molecule has 1 aliphatic rings. The summed E-state index contributed by atoms with van der Waals surface area (Å²) in [6, 6.07) is 5.44. The maximum Gasteiger partial charge on any atom is 0.193 e. The quantitative estimate of drug-likeness (QED) is 0.421. The van der Waals surface area contributed by atoms with Gasteiger partial charge >= 0.3 is 0 Å². The van der Waals surface area contributed by atoms with Gasteiger partial charge in [-0.3, -0.25) is 4.99 Å². The number of aliphatic imine (C=N–C) groups is 1. The van der Waals surface area contributed by atoms with E-state index in [1.54, 1.807) is 19.2 Å². The SMILES string of the molecule is COc1ccc(NC(N)=NCC2CCCCS2)cc1Cl.I. The number of thioether (sulfide) groups is 1. The van der Waals surface area contributed by atoms with E-state index in [4.69, 9.17) is 22.1 Å². The second-order valence-corrected chi connectivity index (χ2v) is 6.50. The van der Waals surface area contributed by atoms with Crippen LogP contribution < -0.4 is 15.8 Å². The Morgan fingerprint density at radius 2 is 2.33 bits per heavy atom. The van der Waals surface area contributed by atoms with E-state index < -0.39 is 0 Å². The van der Waals surface area contributed by atoms with E-state index in [0.29, 0.717) is 22.0 Å². The van der Waals surface area contributed by atoms with Crippen molar-refractivity contribution in [3.63, 3.8) is 0 Å². The molecule has 0 bridgehead atoms. The molecule has 0 spiro atoms. The lowest BCUT2D eigenvalue weighted by atomic mass is 10.2. The zero-order valence-electron chi connectivity index (χ0n) is 12.0. The minimum absolute atomic E-state index is 0. The Hall–Kier alpha value is -0.340. The zero-order valence-corrected chi connectivity index (χ0v) is 15.9. The van der Waals surface area contributed by atoms with Crippen molar-refractivity contribution in [3.8, 4) is 5.75 Å². The van der Waals surface area contributed by atoms with Crippen molar-refractivity contribution < 1.29 is 4.74 Å². The van der Waals surface area contributed by atoms with E-state index in [-0.39, 0.29) is 24.0 Å². The molecule has 2 rings (SSSR count). The maximum atomic E-state index is 6.06. The van der Waals surface area contributed by atoms with Crippen molar-refractivity contribution in [1.29, 1.82) is 0 Å². The monoisotopic (exact) mass is 441 g/mol. The lowest BCUT2D eigenvalue weighted by molar-refractivity contribution is 0.415. The average molecular weight is 442 g/mol. The molecule has 0 aromatic heterocycles. The van der Waals surface area contributed by atoms with Gasteiger partial charge in [0.2, 0.25) is 0 Å². The van der Waals surface area contributed by atoms with Crippen LogP contribution in [-0.2, 0) is 0 Å². The Morgan fingerprint density at radius 3 is 2.95 bits per heavy atom. The van der Waals surface area contributed by atoms with Crippen molar-refractivity contribution in [3.05, 3.63) is 23.2 Å². The molecule has 1 saturated heterocycles. The molecule has 0 radical (unpaired) electrons. The second kappa shape index (κ2) is 9.63. The van der Waals surface area contributed by atoms with E-state index in [1.165, 1.54) is 25.0 Å². The number of rotatable bonds is 4. The number of benzene rings is 1. The fourth-order valence-electron chi connectivity index (χ4n) is 2.08. The van der Waals surface area contributed by atoms with Gasteiger partial charge in [-0.2, -0.15) is 11.8 Å². The number of hydrogen-bond donors (Lipinski definition) is 2. The number of methoxy groups -OCH3 is 1. The molecule has 0 aliphatic carbocycles. The highest BCUT2D eigenvalue weighted by Gasteiger charge is 2.13. The predicted octanol–water partition coefficient (Wildman–Crippen LogP) is 3.98. The van der Waals surface area contributed by atoms with Crippen molar-refractivity contribution in [2.24, 2.45) is 10.7 Å². The van der Waals surface area contributed by atoms with Gasteiger partial charge in [0.15, 0.2) is 5.96 Å². The summed E-state index contributed by atoms with van der Waals surface area (Å²) < 4.78 is 5.11. The molecule has 0 saturated carbocycles. The largest absolute Gasteiger partial charge is 0.495 e. The highest BCUT2D eigenvalue weighted by Crippen LogP contribution is 2.27. The molecule has 1 unspecified atom stereocenters. The smallest absolute Gasteiger partial charge is 0.193 e. The van der Waals surface area contributed by atoms with E-state index in [2.05, 4.69) is 10.3 Å². The van der Waals surface area contributed by atoms with Gasteiger partial charge in [-0.1, -0.05) is 18.0 Å². The summed E-state index contributed by atoms with van der Waals surface area (Å²) in [6.07, 6.45) is 3.85. The number of hydrogen-bond acceptors (Lipinski definition) is 3. The topological polar surface area (TPSA) is 59.6 Å². The Labute approximate surface area is 152 Å². The van der Waals surface area contributed by atoms with E-state index in [1.807, 2.05) is 17.8 Å². The fourth-order valence-corrected chi connectivity index (χ4v) is 3.56. The maximum absolute atomic E-state index is 6.06. The third-order valence-corrected chi connectivity index (χ3v) is 4.84. The van der Waals surface area contributed by atoms with Gasteiger partial charge in [-0.25, -0.2) is 0 Å². The Bertz CT molecular complexity index is 481. The van der Waals surface area contributed by atoms with Crippen molar-refractivity contribution in [2.45, 2.75) is 24.5 Å². The van der Waals surface area contributed by atoms with Crippen LogP contribution in [0.4, 0.5) is 5.69 Å². The second-order valence-electron chi connectivity index (χ2n) is 4.69. The van der Waals surface area contributed by atoms with E-state index in [0.717, 1.165) is 12.2 Å². The number of ether oxygens (including phenoxy) is 1. The highest BCUT2D eigenvalue weighted by atomic mass is 127. The summed E-state index contributed by atoms with van der Waals surface area (Å²) >= 11 is 8.05. The molecule has 1 aromatic rings. The first kappa shape index (κ1) is 18.7. The van der Waals surface area contributed by atoms with Crippen LogP contribution in [0, 0.1) is 0 Å². The third-order valence-electron chi connectivity index (χ3n) is 3.16. The van der Waals surface area contributed by atoms with Crippen LogP contribution in [-0.4, -0.2) is 30.6 Å². The number of nitrogens with two attached hydrogens (primary N) is 1. The Kier molecular flexibility index (Phi) is 8.58. The molecular formula is C14H21ClIN3OS. The van der Waals surface area contributed by atoms with Crippen LogP contribution >= 0.6 is 47.3 Å². The summed E-state index contributed by atoms with van der Waals surface area (Å²) in [4.78, 5) is 4.40. The summed E-state index contributed by atoms with van der Waals surface area (Å²) in [5.41, 5.74) is 6.71. The van der Waals surface area contributed by atoms with E-state index in [9.17, 15) is 0 Å². The van der Waals surface area contributed by atoms with Crippen LogP contribution in [0.1, 0.15) is 19.3 Å². The van der Waals surface area contributed by atoms with Crippen LogP contribution in [0.15, 0.2) is 23.2 Å². The summed E-state index contributed by atoms with van der Waals surface area (Å²) in [5, 5.41) is 4.20. The van der Waals surface area contributed by atoms with Crippen LogP contribution in [0.5, 0.6) is 5.75 Å². The minimum atomic E-state index is 0. The van der Waals surface area contributed by atoms with Crippen molar-refractivity contribution in [2.75, 3.05) is 24.7 Å². The molecule has 0 amide bonds. The molecule has 3 N–H and O–H groups in total. The fraction of sp³-hybridized carbons (Fsp3) is 0.500. The van der Waals surface area contributed by atoms with Crippen LogP contribution in [0.3, 0.4) is 0 Å². The number of halogens is 2. The lowest BCUT2D eigenvalue weighted by Crippen LogP contribution is -2.24. The molecule has 7 heteroatoms. The van der Waals surface area contributed by atoms with Gasteiger partial charge in [0.25, 0.3) is 0 Å². The molecule has 1 heterocycles. The van der Waals surface area contributed by atoms with Crippen molar-refractivity contribution >= 4 is 59.0 Å². The molecular weight excluding hydrogens is 421 g/mol. The van der Waals surface area contributed by atoms with Gasteiger partial charge in [-0.05, 0) is 36.8 Å². The molecule has 1 atom stereocenters. The lowest BCUT2D eigenvalue weighted by Gasteiger charge is -2.19. The summed E-state index contributed by atoms with van der Waals surface area (Å²) in [7, 11) is 1.59. The number of guanidine groups is 1. The van der Waals surface area contributed by atoms with Gasteiger partial charge in [0, 0.05) is 10.9 Å². The van der Waals surface area contributed by atoms with Crippen molar-refractivity contribution in [1.82, 2.24) is 0 Å². The number of nitrogens with one attached hydrogen (secondary N) is 1. The number of anilines is 1. The molecule has 1 aromatic carbocycles. The molecule has 1 aliphatic heterocycles. The van der Waals surface area contributed by atoms with Gasteiger partial charge in [0.05, 0.1) is 18.7 Å². The van der Waals surface area contributed by atoms with E-state index >= 15 is 0 Å². The normalized spacial score (nSPS) is 18.8.